The molecule has 1 N–H and O–H groups in total. The lowest BCUT2D eigenvalue weighted by Gasteiger charge is -2.32. The van der Waals surface area contributed by atoms with Crippen molar-refractivity contribution in [3.05, 3.63) is 0 Å². The van der Waals surface area contributed by atoms with Gasteiger partial charge in [-0.3, -0.25) is 4.79 Å². The minimum absolute atomic E-state index is 0.0105. The van der Waals surface area contributed by atoms with E-state index in [0.29, 0.717) is 0 Å². The molecule has 0 radical (unpaired) electrons. The van der Waals surface area contributed by atoms with Crippen LogP contribution in [0.1, 0.15) is 46.0 Å². The van der Waals surface area contributed by atoms with E-state index in [9.17, 15) is 9.90 Å². The van der Waals surface area contributed by atoms with Gasteiger partial charge in [-0.05, 0) is 24.7 Å². The molecule has 3 heteroatoms. The molecule has 0 spiro atoms. The van der Waals surface area contributed by atoms with Crippen molar-refractivity contribution < 1.29 is 9.90 Å². The molecule has 2 saturated carbocycles. The molecule has 2 rings (SSSR count). The lowest BCUT2D eigenvalue weighted by atomic mass is 9.86. The first-order valence-electron chi connectivity index (χ1n) is 6.76. The predicted molar refractivity (Wildman–Crippen MR) is 67.5 cm³/mol. The predicted octanol–water partition coefficient (Wildman–Crippen LogP) is 2.04. The van der Waals surface area contributed by atoms with Crippen molar-refractivity contribution in [2.24, 2.45) is 16.7 Å². The summed E-state index contributed by atoms with van der Waals surface area (Å²) in [5, 5.41) is 9.57. The molecular formula is C14H25NO2. The summed E-state index contributed by atoms with van der Waals surface area (Å²) in [5.41, 5.74) is 0.191. The topological polar surface area (TPSA) is 40.5 Å². The molecule has 17 heavy (non-hydrogen) atoms. The van der Waals surface area contributed by atoms with E-state index in [0.717, 1.165) is 25.8 Å². The van der Waals surface area contributed by atoms with Gasteiger partial charge in [-0.25, -0.2) is 0 Å². The summed E-state index contributed by atoms with van der Waals surface area (Å²) in [6, 6.07) is 0. The maximum Gasteiger partial charge on any atom is 0.226 e. The first-order chi connectivity index (χ1) is 7.90. The summed E-state index contributed by atoms with van der Waals surface area (Å²) in [4.78, 5) is 14.1. The van der Waals surface area contributed by atoms with Crippen molar-refractivity contribution in [1.82, 2.24) is 4.90 Å². The molecular weight excluding hydrogens is 214 g/mol. The molecule has 0 aromatic rings. The minimum Gasteiger partial charge on any atom is -0.396 e. The summed E-state index contributed by atoms with van der Waals surface area (Å²) in [6.07, 6.45) is 5.53. The molecule has 0 bridgehead atoms. The van der Waals surface area contributed by atoms with E-state index < -0.39 is 0 Å². The van der Waals surface area contributed by atoms with Crippen LogP contribution in [0.25, 0.3) is 0 Å². The van der Waals surface area contributed by atoms with Gasteiger partial charge in [0, 0.05) is 24.9 Å². The molecule has 3 nitrogen and oxygen atoms in total. The van der Waals surface area contributed by atoms with Gasteiger partial charge in [0.2, 0.25) is 5.91 Å². The van der Waals surface area contributed by atoms with E-state index in [1.807, 2.05) is 11.9 Å². The van der Waals surface area contributed by atoms with Gasteiger partial charge in [0.25, 0.3) is 0 Å². The van der Waals surface area contributed by atoms with Crippen LogP contribution < -0.4 is 0 Å². The van der Waals surface area contributed by atoms with E-state index in [4.69, 9.17) is 0 Å². The van der Waals surface area contributed by atoms with Crippen LogP contribution in [0.5, 0.6) is 0 Å². The molecule has 0 aliphatic heterocycles. The number of amides is 1. The highest BCUT2D eigenvalue weighted by molar-refractivity contribution is 5.82. The standard InChI is InChI=1S/C14H25NO2/c1-13(2)8-11(13)12(17)15(3)9-14(10-16)6-4-5-7-14/h11,16H,4-10H2,1-3H3. The number of carbonyl (C=O) groups is 1. The number of rotatable bonds is 4. The number of aliphatic hydroxyl groups excluding tert-OH is 1. The Balaban J connectivity index is 1.92. The van der Waals surface area contributed by atoms with Crippen molar-refractivity contribution in [2.45, 2.75) is 46.0 Å². The zero-order valence-corrected chi connectivity index (χ0v) is 11.3. The van der Waals surface area contributed by atoms with Crippen LogP contribution in [0.3, 0.4) is 0 Å². The second-order valence-corrected chi connectivity index (χ2v) is 6.80. The summed E-state index contributed by atoms with van der Waals surface area (Å²) >= 11 is 0. The van der Waals surface area contributed by atoms with Crippen LogP contribution in [-0.4, -0.2) is 36.1 Å². The Morgan fingerprint density at radius 2 is 1.88 bits per heavy atom. The SMILES string of the molecule is CN(CC1(CO)CCCC1)C(=O)C1CC1(C)C. The van der Waals surface area contributed by atoms with E-state index in [2.05, 4.69) is 13.8 Å². The number of hydrogen-bond acceptors (Lipinski definition) is 2. The van der Waals surface area contributed by atoms with Crippen LogP contribution in [0, 0.1) is 16.7 Å². The third-order valence-corrected chi connectivity index (χ3v) is 4.76. The van der Waals surface area contributed by atoms with E-state index in [-0.39, 0.29) is 29.3 Å². The molecule has 2 aliphatic carbocycles. The van der Waals surface area contributed by atoms with Crippen LogP contribution >= 0.6 is 0 Å². The van der Waals surface area contributed by atoms with Gasteiger partial charge in [-0.1, -0.05) is 26.7 Å². The lowest BCUT2D eigenvalue weighted by molar-refractivity contribution is -0.133. The Labute approximate surface area is 104 Å². The van der Waals surface area contributed by atoms with Gasteiger partial charge in [0.1, 0.15) is 0 Å². The first kappa shape index (κ1) is 12.9. The Kier molecular flexibility index (Phi) is 3.23. The van der Waals surface area contributed by atoms with E-state index in [1.165, 1.54) is 12.8 Å². The highest BCUT2D eigenvalue weighted by Gasteiger charge is 2.52. The average molecular weight is 239 g/mol. The molecule has 1 amide bonds. The Morgan fingerprint density at radius 1 is 1.35 bits per heavy atom. The Morgan fingerprint density at radius 3 is 2.29 bits per heavy atom. The van der Waals surface area contributed by atoms with Crippen molar-refractivity contribution >= 4 is 5.91 Å². The van der Waals surface area contributed by atoms with Crippen LogP contribution in [0.15, 0.2) is 0 Å². The molecule has 0 saturated heterocycles. The highest BCUT2D eigenvalue weighted by Crippen LogP contribution is 2.52. The number of aliphatic hydroxyl groups is 1. The number of carbonyl (C=O) groups excluding carboxylic acids is 1. The number of nitrogens with zero attached hydrogens (tertiary/aromatic N) is 1. The van der Waals surface area contributed by atoms with Crippen LogP contribution in [0.4, 0.5) is 0 Å². The summed E-state index contributed by atoms with van der Waals surface area (Å²) in [5.74, 6) is 0.486. The fourth-order valence-electron chi connectivity index (χ4n) is 3.23. The van der Waals surface area contributed by atoms with E-state index in [1.54, 1.807) is 0 Å². The smallest absolute Gasteiger partial charge is 0.226 e. The number of hydrogen-bond donors (Lipinski definition) is 1. The van der Waals surface area contributed by atoms with Gasteiger partial charge in [-0.15, -0.1) is 0 Å². The average Bonchev–Trinajstić information content (AvgIpc) is 2.73. The summed E-state index contributed by atoms with van der Waals surface area (Å²) in [7, 11) is 1.90. The molecule has 2 aliphatic rings. The van der Waals surface area contributed by atoms with E-state index >= 15 is 0 Å². The van der Waals surface area contributed by atoms with Gasteiger partial charge in [0.15, 0.2) is 0 Å². The molecule has 0 heterocycles. The van der Waals surface area contributed by atoms with Crippen molar-refractivity contribution in [3.8, 4) is 0 Å². The third-order valence-electron chi connectivity index (χ3n) is 4.76. The van der Waals surface area contributed by atoms with Crippen molar-refractivity contribution in [1.29, 1.82) is 0 Å². The quantitative estimate of drug-likeness (QED) is 0.815. The largest absolute Gasteiger partial charge is 0.396 e. The highest BCUT2D eigenvalue weighted by atomic mass is 16.3. The maximum absolute atomic E-state index is 12.2. The van der Waals surface area contributed by atoms with Crippen LogP contribution in [0.2, 0.25) is 0 Å². The maximum atomic E-state index is 12.2. The van der Waals surface area contributed by atoms with Gasteiger partial charge in [-0.2, -0.15) is 0 Å². The summed E-state index contributed by atoms with van der Waals surface area (Å²) < 4.78 is 0. The Hall–Kier alpha value is -0.570. The van der Waals surface area contributed by atoms with Crippen LogP contribution in [-0.2, 0) is 4.79 Å². The Bertz CT molecular complexity index is 305. The minimum atomic E-state index is -0.0105. The second-order valence-electron chi connectivity index (χ2n) is 6.80. The zero-order chi connectivity index (χ0) is 12.7. The monoisotopic (exact) mass is 239 g/mol. The molecule has 2 fully saturated rings. The first-order valence-corrected chi connectivity index (χ1v) is 6.76. The van der Waals surface area contributed by atoms with Crippen molar-refractivity contribution in [3.63, 3.8) is 0 Å². The summed E-state index contributed by atoms with van der Waals surface area (Å²) in [6.45, 7) is 5.26. The van der Waals surface area contributed by atoms with Gasteiger partial charge in [0.05, 0.1) is 6.61 Å². The second kappa shape index (κ2) is 4.27. The molecule has 1 atom stereocenters. The normalized spacial score (nSPS) is 29.1. The molecule has 98 valence electrons. The van der Waals surface area contributed by atoms with Gasteiger partial charge >= 0.3 is 0 Å². The van der Waals surface area contributed by atoms with Gasteiger partial charge < -0.3 is 10.0 Å². The molecule has 0 aromatic heterocycles. The van der Waals surface area contributed by atoms with Crippen molar-refractivity contribution in [2.75, 3.05) is 20.2 Å². The lowest BCUT2D eigenvalue weighted by Crippen LogP contribution is -2.40. The fourth-order valence-corrected chi connectivity index (χ4v) is 3.23. The molecule has 0 aromatic carbocycles. The fraction of sp³-hybridized carbons (Fsp3) is 0.929. The zero-order valence-electron chi connectivity index (χ0n) is 11.3. The molecule has 1 unspecified atom stereocenters. The third kappa shape index (κ3) is 2.49.